The second-order valence-electron chi connectivity index (χ2n) is 4.84. The summed E-state index contributed by atoms with van der Waals surface area (Å²) >= 11 is 0. The molecule has 0 aliphatic carbocycles. The summed E-state index contributed by atoms with van der Waals surface area (Å²) in [6.07, 6.45) is 1.50. The Morgan fingerprint density at radius 1 is 1.17 bits per heavy atom. The number of nitrogens with zero attached hydrogens (tertiary/aromatic N) is 2. The van der Waals surface area contributed by atoms with Crippen LogP contribution in [0, 0.1) is 12.7 Å². The molecule has 116 valence electrons. The summed E-state index contributed by atoms with van der Waals surface area (Å²) in [5.74, 6) is 0.408. The van der Waals surface area contributed by atoms with Gasteiger partial charge in [-0.15, -0.1) is 0 Å². The monoisotopic (exact) mass is 312 g/mol. The molecule has 0 atom stereocenters. The van der Waals surface area contributed by atoms with Crippen LogP contribution in [-0.2, 0) is 0 Å². The van der Waals surface area contributed by atoms with Gasteiger partial charge in [-0.25, -0.2) is 9.37 Å². The quantitative estimate of drug-likeness (QED) is 0.770. The number of aryl methyl sites for hydroxylation is 1. The standard InChI is InChI=1S/C16H13FN4O2/c1-10-7-15(21-23-10)19-13-5-6-14(18-9-13)16(22)20-12-4-2-3-11(17)8-12/h2-9H,1H3,(H,19,21)(H,20,22). The van der Waals surface area contributed by atoms with E-state index in [4.69, 9.17) is 4.52 Å². The molecule has 6 nitrogen and oxygen atoms in total. The van der Waals surface area contributed by atoms with E-state index in [1.165, 1.54) is 24.4 Å². The number of pyridine rings is 1. The number of amides is 1. The van der Waals surface area contributed by atoms with Crippen molar-refractivity contribution in [2.45, 2.75) is 6.92 Å². The fraction of sp³-hybridized carbons (Fsp3) is 0.0625. The largest absolute Gasteiger partial charge is 0.360 e. The molecule has 0 aliphatic rings. The number of hydrogen-bond donors (Lipinski definition) is 2. The third-order valence-corrected chi connectivity index (χ3v) is 2.98. The van der Waals surface area contributed by atoms with Crippen LogP contribution in [0.25, 0.3) is 0 Å². The summed E-state index contributed by atoms with van der Waals surface area (Å²) in [6, 6.07) is 10.7. The maximum atomic E-state index is 13.1. The van der Waals surface area contributed by atoms with E-state index in [1.807, 2.05) is 0 Å². The van der Waals surface area contributed by atoms with Gasteiger partial charge in [-0.05, 0) is 37.3 Å². The number of halogens is 1. The van der Waals surface area contributed by atoms with E-state index in [-0.39, 0.29) is 5.69 Å². The molecule has 0 saturated heterocycles. The SMILES string of the molecule is Cc1cc(Nc2ccc(C(=O)Nc3cccc(F)c3)nc2)no1. The smallest absolute Gasteiger partial charge is 0.274 e. The molecule has 2 heterocycles. The predicted octanol–water partition coefficient (Wildman–Crippen LogP) is 3.51. The van der Waals surface area contributed by atoms with Crippen molar-refractivity contribution in [3.63, 3.8) is 0 Å². The molecule has 7 heteroatoms. The Bertz CT molecular complexity index is 830. The maximum absolute atomic E-state index is 13.1. The molecule has 0 bridgehead atoms. The molecule has 1 aromatic carbocycles. The highest BCUT2D eigenvalue weighted by atomic mass is 19.1. The van der Waals surface area contributed by atoms with E-state index < -0.39 is 11.7 Å². The molecule has 1 amide bonds. The zero-order valence-corrected chi connectivity index (χ0v) is 12.2. The Labute approximate surface area is 131 Å². The minimum Gasteiger partial charge on any atom is -0.360 e. The molecule has 2 aromatic heterocycles. The molecule has 3 rings (SSSR count). The molecule has 0 unspecified atom stereocenters. The molecule has 0 saturated carbocycles. The Hall–Kier alpha value is -3.22. The second kappa shape index (κ2) is 6.27. The van der Waals surface area contributed by atoms with Crippen molar-refractivity contribution in [1.82, 2.24) is 10.1 Å². The van der Waals surface area contributed by atoms with Crippen LogP contribution in [0.2, 0.25) is 0 Å². The highest BCUT2D eigenvalue weighted by molar-refractivity contribution is 6.02. The van der Waals surface area contributed by atoms with E-state index in [9.17, 15) is 9.18 Å². The number of anilines is 3. The zero-order chi connectivity index (χ0) is 16.2. The van der Waals surface area contributed by atoms with Crippen LogP contribution in [0.15, 0.2) is 53.2 Å². The Balaban J connectivity index is 1.67. The number of rotatable bonds is 4. The number of nitrogens with one attached hydrogen (secondary N) is 2. The Morgan fingerprint density at radius 3 is 2.70 bits per heavy atom. The summed E-state index contributed by atoms with van der Waals surface area (Å²) in [6.45, 7) is 1.79. The van der Waals surface area contributed by atoms with Gasteiger partial charge < -0.3 is 15.2 Å². The van der Waals surface area contributed by atoms with Crippen molar-refractivity contribution in [1.29, 1.82) is 0 Å². The summed E-state index contributed by atoms with van der Waals surface area (Å²) in [4.78, 5) is 16.1. The van der Waals surface area contributed by atoms with Crippen LogP contribution < -0.4 is 10.6 Å². The van der Waals surface area contributed by atoms with Crippen molar-refractivity contribution < 1.29 is 13.7 Å². The number of carbonyl (C=O) groups is 1. The molecular formula is C16H13FN4O2. The van der Waals surface area contributed by atoms with Crippen LogP contribution in [0.4, 0.5) is 21.6 Å². The van der Waals surface area contributed by atoms with E-state index in [1.54, 1.807) is 31.2 Å². The number of hydrogen-bond acceptors (Lipinski definition) is 5. The van der Waals surface area contributed by atoms with Gasteiger partial charge in [0.05, 0.1) is 11.9 Å². The Kier molecular flexibility index (Phi) is 4.01. The van der Waals surface area contributed by atoms with Gasteiger partial charge in [0.25, 0.3) is 5.91 Å². The van der Waals surface area contributed by atoms with Gasteiger partial charge in [0, 0.05) is 11.8 Å². The van der Waals surface area contributed by atoms with Gasteiger partial charge in [0.2, 0.25) is 0 Å². The first-order valence-corrected chi connectivity index (χ1v) is 6.83. The van der Waals surface area contributed by atoms with Gasteiger partial charge in [-0.3, -0.25) is 4.79 Å². The third kappa shape index (κ3) is 3.70. The van der Waals surface area contributed by atoms with E-state index >= 15 is 0 Å². The summed E-state index contributed by atoms with van der Waals surface area (Å²) in [7, 11) is 0. The van der Waals surface area contributed by atoms with E-state index in [0.717, 1.165) is 0 Å². The zero-order valence-electron chi connectivity index (χ0n) is 12.2. The lowest BCUT2D eigenvalue weighted by atomic mass is 10.2. The average Bonchev–Trinajstić information content (AvgIpc) is 2.93. The highest BCUT2D eigenvalue weighted by Crippen LogP contribution is 2.16. The molecule has 23 heavy (non-hydrogen) atoms. The predicted molar refractivity (Wildman–Crippen MR) is 83.1 cm³/mol. The summed E-state index contributed by atoms with van der Waals surface area (Å²) < 4.78 is 18.0. The normalized spacial score (nSPS) is 10.3. The molecule has 0 spiro atoms. The minimum absolute atomic E-state index is 0.219. The van der Waals surface area contributed by atoms with Gasteiger partial charge in [0.1, 0.15) is 17.3 Å². The minimum atomic E-state index is -0.418. The average molecular weight is 312 g/mol. The lowest BCUT2D eigenvalue weighted by Crippen LogP contribution is -2.13. The molecule has 2 N–H and O–H groups in total. The van der Waals surface area contributed by atoms with Crippen molar-refractivity contribution >= 4 is 23.1 Å². The number of benzene rings is 1. The van der Waals surface area contributed by atoms with Crippen LogP contribution >= 0.6 is 0 Å². The van der Waals surface area contributed by atoms with E-state index in [0.29, 0.717) is 23.0 Å². The molecular weight excluding hydrogens is 299 g/mol. The van der Waals surface area contributed by atoms with Gasteiger partial charge >= 0.3 is 0 Å². The first kappa shape index (κ1) is 14.7. The fourth-order valence-corrected chi connectivity index (χ4v) is 1.94. The fourth-order valence-electron chi connectivity index (χ4n) is 1.94. The molecule has 0 fully saturated rings. The molecule has 0 radical (unpaired) electrons. The van der Waals surface area contributed by atoms with Crippen LogP contribution in [-0.4, -0.2) is 16.0 Å². The van der Waals surface area contributed by atoms with Crippen molar-refractivity contribution in [2.75, 3.05) is 10.6 Å². The maximum Gasteiger partial charge on any atom is 0.274 e. The van der Waals surface area contributed by atoms with Crippen LogP contribution in [0.5, 0.6) is 0 Å². The Morgan fingerprint density at radius 2 is 2.04 bits per heavy atom. The van der Waals surface area contributed by atoms with Gasteiger partial charge in [-0.1, -0.05) is 11.2 Å². The summed E-state index contributed by atoms with van der Waals surface area (Å²) in [5.41, 5.74) is 1.26. The third-order valence-electron chi connectivity index (χ3n) is 2.98. The second-order valence-corrected chi connectivity index (χ2v) is 4.84. The summed E-state index contributed by atoms with van der Waals surface area (Å²) in [5, 5.41) is 9.39. The number of aromatic nitrogens is 2. The molecule has 3 aromatic rings. The van der Waals surface area contributed by atoms with Crippen molar-refractivity contribution in [3.8, 4) is 0 Å². The van der Waals surface area contributed by atoms with Crippen LogP contribution in [0.3, 0.4) is 0 Å². The van der Waals surface area contributed by atoms with Crippen LogP contribution in [0.1, 0.15) is 16.2 Å². The van der Waals surface area contributed by atoms with Crippen molar-refractivity contribution in [3.05, 3.63) is 65.9 Å². The number of carbonyl (C=O) groups excluding carboxylic acids is 1. The molecule has 0 aliphatic heterocycles. The first-order chi connectivity index (χ1) is 11.1. The van der Waals surface area contributed by atoms with Crippen molar-refractivity contribution in [2.24, 2.45) is 0 Å². The lowest BCUT2D eigenvalue weighted by Gasteiger charge is -2.06. The highest BCUT2D eigenvalue weighted by Gasteiger charge is 2.08. The van der Waals surface area contributed by atoms with Gasteiger partial charge in [0.15, 0.2) is 5.82 Å². The van der Waals surface area contributed by atoms with Gasteiger partial charge in [-0.2, -0.15) is 0 Å². The van der Waals surface area contributed by atoms with E-state index in [2.05, 4.69) is 20.8 Å². The topological polar surface area (TPSA) is 80.0 Å². The first-order valence-electron chi connectivity index (χ1n) is 6.83. The lowest BCUT2D eigenvalue weighted by molar-refractivity contribution is 0.102.